The number of nitrogens with one attached hydrogen (secondary N) is 2. The molecule has 0 aliphatic heterocycles. The summed E-state index contributed by atoms with van der Waals surface area (Å²) in [7, 11) is 0. The maximum absolute atomic E-state index is 12.7. The summed E-state index contributed by atoms with van der Waals surface area (Å²) in [5.74, 6) is 0.462. The monoisotopic (exact) mass is 264 g/mol. The smallest absolute Gasteiger partial charge is 0.215 e. The molecular weight excluding hydrogens is 251 g/mol. The third kappa shape index (κ3) is 3.33. The van der Waals surface area contributed by atoms with E-state index in [1.165, 1.54) is 12.1 Å². The Labute approximate surface area is 109 Å². The van der Waals surface area contributed by atoms with Crippen LogP contribution < -0.4 is 5.32 Å². The molecule has 0 aliphatic carbocycles. The number of rotatable bonds is 4. The average molecular weight is 264 g/mol. The number of halogens is 1. The Bertz CT molecular complexity index is 579. The van der Waals surface area contributed by atoms with Crippen molar-refractivity contribution in [2.24, 2.45) is 0 Å². The number of H-pyrrole nitrogens is 1. The minimum atomic E-state index is -0.220. The number of aromatic amines is 1. The third-order valence-electron chi connectivity index (χ3n) is 2.49. The van der Waals surface area contributed by atoms with Crippen molar-refractivity contribution in [1.82, 2.24) is 15.2 Å². The van der Waals surface area contributed by atoms with Crippen molar-refractivity contribution >= 4 is 18.0 Å². The van der Waals surface area contributed by atoms with E-state index in [0.29, 0.717) is 17.1 Å². The molecule has 2 rings (SSSR count). The first-order valence-electron chi connectivity index (χ1n) is 5.57. The van der Waals surface area contributed by atoms with Gasteiger partial charge in [-0.15, -0.1) is 0 Å². The van der Waals surface area contributed by atoms with Gasteiger partial charge in [0.1, 0.15) is 5.82 Å². The summed E-state index contributed by atoms with van der Waals surface area (Å²) in [5, 5.41) is 9.80. The van der Waals surface area contributed by atoms with E-state index < -0.39 is 0 Å². The maximum atomic E-state index is 12.7. The van der Waals surface area contributed by atoms with Gasteiger partial charge in [-0.1, -0.05) is 12.1 Å². The summed E-state index contributed by atoms with van der Waals surface area (Å²) < 4.78 is 13.1. The predicted octanol–water partition coefficient (Wildman–Crippen LogP) is 2.64. The fourth-order valence-corrected chi connectivity index (χ4v) is 1.67. The van der Waals surface area contributed by atoms with Gasteiger partial charge in [0.05, 0.1) is 5.69 Å². The minimum absolute atomic E-state index is 0.220. The van der Waals surface area contributed by atoms with Crippen LogP contribution in [0.4, 0.5) is 10.2 Å². The second-order valence-electron chi connectivity index (χ2n) is 3.88. The van der Waals surface area contributed by atoms with Gasteiger partial charge in [0.15, 0.2) is 5.82 Å². The lowest BCUT2D eigenvalue weighted by Crippen LogP contribution is -2.09. The van der Waals surface area contributed by atoms with Crippen molar-refractivity contribution in [3.05, 3.63) is 46.1 Å². The van der Waals surface area contributed by atoms with Crippen LogP contribution in [0.1, 0.15) is 11.3 Å². The van der Waals surface area contributed by atoms with Crippen LogP contribution in [0, 0.1) is 17.5 Å². The van der Waals surface area contributed by atoms with Crippen molar-refractivity contribution in [3.63, 3.8) is 0 Å². The van der Waals surface area contributed by atoms with Gasteiger partial charge >= 0.3 is 0 Å². The van der Waals surface area contributed by atoms with E-state index >= 15 is 0 Å². The molecular formula is C12H13FN4S. The van der Waals surface area contributed by atoms with E-state index in [9.17, 15) is 4.39 Å². The Morgan fingerprint density at radius 2 is 2.06 bits per heavy atom. The molecule has 0 fully saturated rings. The molecule has 0 bridgehead atoms. The first kappa shape index (κ1) is 12.6. The highest BCUT2D eigenvalue weighted by atomic mass is 32.1. The van der Waals surface area contributed by atoms with Crippen LogP contribution in [0.2, 0.25) is 0 Å². The van der Waals surface area contributed by atoms with Crippen molar-refractivity contribution in [1.29, 1.82) is 0 Å². The number of aromatic nitrogens is 3. The van der Waals surface area contributed by atoms with Crippen molar-refractivity contribution in [2.75, 3.05) is 11.9 Å². The molecule has 0 unspecified atom stereocenters. The number of anilines is 1. The molecule has 94 valence electrons. The third-order valence-corrected chi connectivity index (χ3v) is 2.68. The number of nitrogens with zero attached hydrogens (tertiary/aromatic N) is 2. The summed E-state index contributed by atoms with van der Waals surface area (Å²) >= 11 is 4.91. The zero-order chi connectivity index (χ0) is 13.0. The van der Waals surface area contributed by atoms with Crippen molar-refractivity contribution in [2.45, 2.75) is 13.3 Å². The van der Waals surface area contributed by atoms with Gasteiger partial charge < -0.3 is 5.32 Å². The molecule has 0 spiro atoms. The SMILES string of the molecule is Cc1n[nH]c(=S)nc1NCCc1ccc(F)cc1. The Kier molecular flexibility index (Phi) is 3.99. The number of hydrogen-bond donors (Lipinski definition) is 2. The second-order valence-corrected chi connectivity index (χ2v) is 4.26. The summed E-state index contributed by atoms with van der Waals surface area (Å²) in [5.41, 5.74) is 1.83. The van der Waals surface area contributed by atoms with Crippen molar-refractivity contribution in [3.8, 4) is 0 Å². The normalized spacial score (nSPS) is 10.3. The molecule has 2 aromatic rings. The summed E-state index contributed by atoms with van der Waals surface area (Å²) in [6, 6.07) is 6.46. The molecule has 1 heterocycles. The highest BCUT2D eigenvalue weighted by Crippen LogP contribution is 2.07. The molecule has 0 aliphatic rings. The predicted molar refractivity (Wildman–Crippen MR) is 70.5 cm³/mol. The number of hydrogen-bond acceptors (Lipinski definition) is 4. The van der Waals surface area contributed by atoms with Crippen LogP contribution in [0.25, 0.3) is 0 Å². The highest BCUT2D eigenvalue weighted by molar-refractivity contribution is 7.71. The summed E-state index contributed by atoms with van der Waals surface area (Å²) in [6.45, 7) is 2.54. The van der Waals surface area contributed by atoms with E-state index in [1.807, 2.05) is 6.92 Å². The molecule has 0 radical (unpaired) electrons. The molecule has 0 amide bonds. The summed E-state index contributed by atoms with van der Waals surface area (Å²) in [4.78, 5) is 4.14. The standard InChI is InChI=1S/C12H13FN4S/c1-8-11(15-12(18)17-16-8)14-7-6-9-2-4-10(13)5-3-9/h2-5H,6-7H2,1H3,(H2,14,15,17,18). The van der Waals surface area contributed by atoms with Crippen LogP contribution in [-0.4, -0.2) is 21.7 Å². The molecule has 6 heteroatoms. The highest BCUT2D eigenvalue weighted by Gasteiger charge is 2.00. The lowest BCUT2D eigenvalue weighted by Gasteiger charge is -2.07. The zero-order valence-electron chi connectivity index (χ0n) is 9.90. The quantitative estimate of drug-likeness (QED) is 0.834. The Hall–Kier alpha value is -1.82. The molecule has 0 atom stereocenters. The van der Waals surface area contributed by atoms with E-state index in [-0.39, 0.29) is 5.82 Å². The Morgan fingerprint density at radius 1 is 1.33 bits per heavy atom. The fourth-order valence-electron chi connectivity index (χ4n) is 1.54. The molecule has 0 saturated carbocycles. The zero-order valence-corrected chi connectivity index (χ0v) is 10.7. The van der Waals surface area contributed by atoms with Gasteiger partial charge in [0.2, 0.25) is 4.77 Å². The van der Waals surface area contributed by atoms with Gasteiger partial charge in [-0.3, -0.25) is 5.10 Å². The van der Waals surface area contributed by atoms with E-state index in [1.54, 1.807) is 12.1 Å². The fraction of sp³-hybridized carbons (Fsp3) is 0.250. The first-order chi connectivity index (χ1) is 8.65. The van der Waals surface area contributed by atoms with Crippen LogP contribution in [0.3, 0.4) is 0 Å². The van der Waals surface area contributed by atoms with Crippen molar-refractivity contribution < 1.29 is 4.39 Å². The molecule has 1 aromatic carbocycles. The lowest BCUT2D eigenvalue weighted by atomic mass is 10.1. The van der Waals surface area contributed by atoms with E-state index in [4.69, 9.17) is 12.2 Å². The van der Waals surface area contributed by atoms with Crippen LogP contribution in [-0.2, 0) is 6.42 Å². The molecule has 18 heavy (non-hydrogen) atoms. The van der Waals surface area contributed by atoms with Gasteiger partial charge in [-0.05, 0) is 43.3 Å². The van der Waals surface area contributed by atoms with Crippen LogP contribution >= 0.6 is 12.2 Å². The minimum Gasteiger partial charge on any atom is -0.368 e. The lowest BCUT2D eigenvalue weighted by molar-refractivity contribution is 0.627. The largest absolute Gasteiger partial charge is 0.368 e. The van der Waals surface area contributed by atoms with E-state index in [2.05, 4.69) is 20.5 Å². The van der Waals surface area contributed by atoms with Crippen LogP contribution in [0.5, 0.6) is 0 Å². The molecule has 4 nitrogen and oxygen atoms in total. The van der Waals surface area contributed by atoms with Gasteiger partial charge in [-0.2, -0.15) is 10.1 Å². The van der Waals surface area contributed by atoms with Crippen LogP contribution in [0.15, 0.2) is 24.3 Å². The number of benzene rings is 1. The molecule has 2 N–H and O–H groups in total. The topological polar surface area (TPSA) is 53.6 Å². The maximum Gasteiger partial charge on any atom is 0.215 e. The average Bonchev–Trinajstić information content (AvgIpc) is 2.36. The molecule has 0 saturated heterocycles. The Morgan fingerprint density at radius 3 is 2.78 bits per heavy atom. The second kappa shape index (κ2) is 5.68. The van der Waals surface area contributed by atoms with Gasteiger partial charge in [-0.25, -0.2) is 4.39 Å². The van der Waals surface area contributed by atoms with Gasteiger partial charge in [0.25, 0.3) is 0 Å². The van der Waals surface area contributed by atoms with E-state index in [0.717, 1.165) is 17.7 Å². The van der Waals surface area contributed by atoms with Gasteiger partial charge in [0, 0.05) is 6.54 Å². The molecule has 1 aromatic heterocycles. The Balaban J connectivity index is 1.94. The number of aryl methyl sites for hydroxylation is 1. The first-order valence-corrected chi connectivity index (χ1v) is 5.97. The summed E-state index contributed by atoms with van der Waals surface area (Å²) in [6.07, 6.45) is 0.784.